The van der Waals surface area contributed by atoms with Gasteiger partial charge in [0.15, 0.2) is 11.5 Å². The predicted molar refractivity (Wildman–Crippen MR) is 82.5 cm³/mol. The van der Waals surface area contributed by atoms with Gasteiger partial charge in [-0.3, -0.25) is 0 Å². The first kappa shape index (κ1) is 15.2. The van der Waals surface area contributed by atoms with E-state index in [1.807, 2.05) is 13.1 Å². The van der Waals surface area contributed by atoms with Crippen LogP contribution in [0.1, 0.15) is 51.1 Å². The minimum absolute atomic E-state index is 0.313. The van der Waals surface area contributed by atoms with E-state index in [9.17, 15) is 0 Å². The van der Waals surface area contributed by atoms with Crippen molar-refractivity contribution in [1.82, 2.24) is 5.32 Å². The van der Waals surface area contributed by atoms with Crippen molar-refractivity contribution in [3.63, 3.8) is 0 Å². The van der Waals surface area contributed by atoms with Gasteiger partial charge in [0.25, 0.3) is 0 Å². The average Bonchev–Trinajstić information content (AvgIpc) is 2.47. The molecule has 112 valence electrons. The van der Waals surface area contributed by atoms with Gasteiger partial charge in [0.05, 0.1) is 13.2 Å². The molecule has 1 aliphatic rings. The molecule has 3 atom stereocenters. The number of benzene rings is 1. The summed E-state index contributed by atoms with van der Waals surface area (Å²) in [5, 5.41) is 3.24. The maximum Gasteiger partial charge on any atom is 0.161 e. The SMILES string of the molecule is CNC(C)c1ccc(OC2CCCC(C)C2)c(OC)c1. The predicted octanol–water partition coefficient (Wildman–Crippen LogP) is 3.93. The standard InChI is InChI=1S/C17H27NO2/c1-12-6-5-7-15(10-12)20-16-9-8-14(13(2)18-3)11-17(16)19-4/h8-9,11-13,15,18H,5-7,10H2,1-4H3. The number of hydrogen-bond acceptors (Lipinski definition) is 3. The Kier molecular flexibility index (Phi) is 5.30. The molecule has 1 N–H and O–H groups in total. The summed E-state index contributed by atoms with van der Waals surface area (Å²) in [5.74, 6) is 2.48. The van der Waals surface area contributed by atoms with Gasteiger partial charge in [-0.15, -0.1) is 0 Å². The quantitative estimate of drug-likeness (QED) is 0.884. The Morgan fingerprint density at radius 3 is 2.70 bits per heavy atom. The lowest BCUT2D eigenvalue weighted by molar-refractivity contribution is 0.125. The minimum Gasteiger partial charge on any atom is -0.493 e. The Labute approximate surface area is 122 Å². The molecule has 0 radical (unpaired) electrons. The van der Waals surface area contributed by atoms with Crippen LogP contribution in [-0.4, -0.2) is 20.3 Å². The lowest BCUT2D eigenvalue weighted by atomic mass is 9.89. The summed E-state index contributed by atoms with van der Waals surface area (Å²) in [7, 11) is 3.67. The second-order valence-corrected chi connectivity index (χ2v) is 5.93. The maximum atomic E-state index is 6.17. The van der Waals surface area contributed by atoms with Crippen LogP contribution in [0.5, 0.6) is 11.5 Å². The van der Waals surface area contributed by atoms with Crippen molar-refractivity contribution in [2.75, 3.05) is 14.2 Å². The maximum absolute atomic E-state index is 6.17. The first-order valence-corrected chi connectivity index (χ1v) is 7.66. The van der Waals surface area contributed by atoms with Gasteiger partial charge in [-0.05, 0) is 56.8 Å². The van der Waals surface area contributed by atoms with Gasteiger partial charge in [0.1, 0.15) is 0 Å². The third-order valence-corrected chi connectivity index (χ3v) is 4.30. The lowest BCUT2D eigenvalue weighted by Crippen LogP contribution is -2.24. The number of hydrogen-bond donors (Lipinski definition) is 1. The van der Waals surface area contributed by atoms with Gasteiger partial charge in [-0.2, -0.15) is 0 Å². The van der Waals surface area contributed by atoms with E-state index in [2.05, 4.69) is 31.3 Å². The van der Waals surface area contributed by atoms with Crippen LogP contribution in [0.15, 0.2) is 18.2 Å². The number of methoxy groups -OCH3 is 1. The largest absolute Gasteiger partial charge is 0.493 e. The fraction of sp³-hybridized carbons (Fsp3) is 0.647. The van der Waals surface area contributed by atoms with E-state index in [4.69, 9.17) is 9.47 Å². The van der Waals surface area contributed by atoms with Gasteiger partial charge in [0, 0.05) is 6.04 Å². The van der Waals surface area contributed by atoms with E-state index < -0.39 is 0 Å². The highest BCUT2D eigenvalue weighted by molar-refractivity contribution is 5.44. The van der Waals surface area contributed by atoms with Crippen molar-refractivity contribution in [2.45, 2.75) is 51.7 Å². The highest BCUT2D eigenvalue weighted by Crippen LogP contribution is 2.34. The van der Waals surface area contributed by atoms with Gasteiger partial charge in [-0.1, -0.05) is 19.4 Å². The summed E-state index contributed by atoms with van der Waals surface area (Å²) in [6, 6.07) is 6.54. The molecule has 1 saturated carbocycles. The molecule has 0 amide bonds. The van der Waals surface area contributed by atoms with E-state index in [-0.39, 0.29) is 0 Å². The fourth-order valence-electron chi connectivity index (χ4n) is 2.88. The van der Waals surface area contributed by atoms with Gasteiger partial charge >= 0.3 is 0 Å². The van der Waals surface area contributed by atoms with Crippen molar-refractivity contribution in [2.24, 2.45) is 5.92 Å². The first-order valence-electron chi connectivity index (χ1n) is 7.66. The van der Waals surface area contributed by atoms with Crippen LogP contribution in [0, 0.1) is 5.92 Å². The Morgan fingerprint density at radius 2 is 2.05 bits per heavy atom. The molecule has 0 heterocycles. The molecule has 2 rings (SSSR count). The molecule has 0 bridgehead atoms. The van der Waals surface area contributed by atoms with E-state index in [1.165, 1.54) is 18.4 Å². The smallest absolute Gasteiger partial charge is 0.161 e. The van der Waals surface area contributed by atoms with Crippen LogP contribution in [0.25, 0.3) is 0 Å². The first-order chi connectivity index (χ1) is 9.63. The summed E-state index contributed by atoms with van der Waals surface area (Å²) in [6.07, 6.45) is 5.23. The van der Waals surface area contributed by atoms with Gasteiger partial charge in [0.2, 0.25) is 0 Å². The Balaban J connectivity index is 2.10. The average molecular weight is 277 g/mol. The molecular weight excluding hydrogens is 250 g/mol. The van der Waals surface area contributed by atoms with E-state index >= 15 is 0 Å². The highest BCUT2D eigenvalue weighted by atomic mass is 16.5. The van der Waals surface area contributed by atoms with Crippen molar-refractivity contribution >= 4 is 0 Å². The van der Waals surface area contributed by atoms with Crippen LogP contribution in [0.3, 0.4) is 0 Å². The molecule has 3 unspecified atom stereocenters. The Morgan fingerprint density at radius 1 is 1.25 bits per heavy atom. The van der Waals surface area contributed by atoms with Gasteiger partial charge < -0.3 is 14.8 Å². The second-order valence-electron chi connectivity index (χ2n) is 5.93. The van der Waals surface area contributed by atoms with E-state index in [0.29, 0.717) is 12.1 Å². The van der Waals surface area contributed by atoms with Crippen LogP contribution in [-0.2, 0) is 0 Å². The third-order valence-electron chi connectivity index (χ3n) is 4.30. The molecule has 0 aromatic heterocycles. The summed E-state index contributed by atoms with van der Waals surface area (Å²) in [6.45, 7) is 4.45. The zero-order valence-electron chi connectivity index (χ0n) is 13.1. The topological polar surface area (TPSA) is 30.5 Å². The number of nitrogens with one attached hydrogen (secondary N) is 1. The third kappa shape index (κ3) is 3.66. The zero-order chi connectivity index (χ0) is 14.5. The molecule has 20 heavy (non-hydrogen) atoms. The summed E-state index contributed by atoms with van der Waals surface area (Å²) >= 11 is 0. The summed E-state index contributed by atoms with van der Waals surface area (Å²) in [4.78, 5) is 0. The van der Waals surface area contributed by atoms with Crippen molar-refractivity contribution in [3.05, 3.63) is 23.8 Å². The Hall–Kier alpha value is -1.22. The van der Waals surface area contributed by atoms with Crippen molar-refractivity contribution in [3.8, 4) is 11.5 Å². The van der Waals surface area contributed by atoms with E-state index in [1.54, 1.807) is 7.11 Å². The molecular formula is C17H27NO2. The van der Waals surface area contributed by atoms with Crippen molar-refractivity contribution in [1.29, 1.82) is 0 Å². The second kappa shape index (κ2) is 6.98. The highest BCUT2D eigenvalue weighted by Gasteiger charge is 2.21. The van der Waals surface area contributed by atoms with Crippen molar-refractivity contribution < 1.29 is 9.47 Å². The van der Waals surface area contributed by atoms with Crippen LogP contribution in [0.2, 0.25) is 0 Å². The van der Waals surface area contributed by atoms with E-state index in [0.717, 1.165) is 30.3 Å². The zero-order valence-corrected chi connectivity index (χ0v) is 13.1. The molecule has 0 saturated heterocycles. The normalized spacial score (nSPS) is 24.2. The summed E-state index contributed by atoms with van der Waals surface area (Å²) < 4.78 is 11.7. The molecule has 0 spiro atoms. The number of rotatable bonds is 5. The monoisotopic (exact) mass is 277 g/mol. The van der Waals surface area contributed by atoms with Crippen LogP contribution < -0.4 is 14.8 Å². The molecule has 3 nitrogen and oxygen atoms in total. The van der Waals surface area contributed by atoms with Crippen LogP contribution in [0.4, 0.5) is 0 Å². The summed E-state index contributed by atoms with van der Waals surface area (Å²) in [5.41, 5.74) is 1.22. The van der Waals surface area contributed by atoms with Gasteiger partial charge in [-0.25, -0.2) is 0 Å². The minimum atomic E-state index is 0.313. The fourth-order valence-corrected chi connectivity index (χ4v) is 2.88. The molecule has 0 aliphatic heterocycles. The Bertz CT molecular complexity index is 433. The van der Waals surface area contributed by atoms with Crippen LogP contribution >= 0.6 is 0 Å². The lowest BCUT2D eigenvalue weighted by Gasteiger charge is -2.28. The molecule has 1 aromatic carbocycles. The molecule has 1 aromatic rings. The number of ether oxygens (including phenoxy) is 2. The molecule has 1 fully saturated rings. The molecule has 1 aliphatic carbocycles. The molecule has 3 heteroatoms.